The minimum atomic E-state index is -0.512. The fraction of sp³-hybridized carbons (Fsp3) is 0.182. The molecule has 4 aromatic rings. The lowest BCUT2D eigenvalue weighted by atomic mass is 10.2. The number of fused-ring (bicyclic) bond motifs is 1. The Balaban J connectivity index is 1.62. The molecule has 0 aliphatic carbocycles. The Morgan fingerprint density at radius 2 is 1.97 bits per heavy atom. The van der Waals surface area contributed by atoms with Gasteiger partial charge in [-0.1, -0.05) is 30.3 Å². The zero-order valence-corrected chi connectivity index (χ0v) is 16.6. The van der Waals surface area contributed by atoms with Gasteiger partial charge in [0.1, 0.15) is 5.75 Å². The van der Waals surface area contributed by atoms with E-state index >= 15 is 0 Å². The van der Waals surface area contributed by atoms with Crippen LogP contribution in [0.15, 0.2) is 70.4 Å². The normalized spacial score (nSPS) is 11.9. The molecule has 0 saturated heterocycles. The Kier molecular flexibility index (Phi) is 5.30. The van der Waals surface area contributed by atoms with Gasteiger partial charge >= 0.3 is 0 Å². The highest BCUT2D eigenvalue weighted by Crippen LogP contribution is 2.16. The van der Waals surface area contributed by atoms with Crippen LogP contribution in [-0.4, -0.2) is 26.9 Å². The van der Waals surface area contributed by atoms with Crippen LogP contribution in [-0.2, 0) is 6.54 Å². The van der Waals surface area contributed by atoms with Gasteiger partial charge in [-0.2, -0.15) is 5.10 Å². The number of ether oxygens (including phenoxy) is 1. The van der Waals surface area contributed by atoms with Crippen LogP contribution in [0.2, 0.25) is 0 Å². The summed E-state index contributed by atoms with van der Waals surface area (Å²) >= 11 is 0. The van der Waals surface area contributed by atoms with Crippen molar-refractivity contribution in [2.75, 3.05) is 12.4 Å². The van der Waals surface area contributed by atoms with Crippen molar-refractivity contribution in [3.63, 3.8) is 0 Å². The number of nitrogens with zero attached hydrogens (tertiary/aromatic N) is 3. The first-order valence-electron chi connectivity index (χ1n) is 9.50. The van der Waals surface area contributed by atoms with E-state index in [2.05, 4.69) is 20.4 Å². The van der Waals surface area contributed by atoms with Crippen molar-refractivity contribution < 1.29 is 4.74 Å². The minimum absolute atomic E-state index is 0.228. The van der Waals surface area contributed by atoms with Crippen LogP contribution in [0.3, 0.4) is 0 Å². The van der Waals surface area contributed by atoms with E-state index < -0.39 is 6.04 Å². The van der Waals surface area contributed by atoms with E-state index in [0.29, 0.717) is 23.6 Å². The van der Waals surface area contributed by atoms with E-state index in [-0.39, 0.29) is 11.1 Å². The molecule has 2 N–H and O–H groups in total. The van der Waals surface area contributed by atoms with Crippen molar-refractivity contribution in [3.8, 4) is 5.75 Å². The van der Waals surface area contributed by atoms with Crippen LogP contribution in [0.5, 0.6) is 5.75 Å². The van der Waals surface area contributed by atoms with Gasteiger partial charge in [0.25, 0.3) is 11.1 Å². The quantitative estimate of drug-likeness (QED) is 0.513. The molecule has 1 atom stereocenters. The van der Waals surface area contributed by atoms with E-state index in [4.69, 9.17) is 4.74 Å². The summed E-state index contributed by atoms with van der Waals surface area (Å²) in [6.45, 7) is 2.24. The zero-order valence-electron chi connectivity index (χ0n) is 16.6. The first-order valence-corrected chi connectivity index (χ1v) is 9.50. The summed E-state index contributed by atoms with van der Waals surface area (Å²) in [5, 5.41) is 8.73. The summed E-state index contributed by atoms with van der Waals surface area (Å²) in [4.78, 5) is 32.2. The van der Waals surface area contributed by atoms with Crippen molar-refractivity contribution >= 4 is 16.7 Å². The van der Waals surface area contributed by atoms with Gasteiger partial charge < -0.3 is 10.1 Å². The number of hydrogen-bond donors (Lipinski definition) is 2. The average molecular weight is 403 g/mol. The molecule has 8 nitrogen and oxygen atoms in total. The average Bonchev–Trinajstić information content (AvgIpc) is 2.77. The van der Waals surface area contributed by atoms with E-state index in [0.717, 1.165) is 16.7 Å². The first kappa shape index (κ1) is 19.4. The molecule has 2 aromatic heterocycles. The minimum Gasteiger partial charge on any atom is -0.497 e. The maximum Gasteiger partial charge on any atom is 0.275 e. The number of anilines is 1. The van der Waals surface area contributed by atoms with Gasteiger partial charge in [0.15, 0.2) is 0 Å². The number of H-pyrrole nitrogens is 1. The van der Waals surface area contributed by atoms with Crippen molar-refractivity contribution in [2.45, 2.75) is 19.5 Å². The summed E-state index contributed by atoms with van der Waals surface area (Å²) in [5.41, 5.74) is 0.877. The molecule has 0 spiro atoms. The lowest BCUT2D eigenvalue weighted by Gasteiger charge is -2.15. The largest absolute Gasteiger partial charge is 0.497 e. The number of aromatic nitrogens is 4. The summed E-state index contributed by atoms with van der Waals surface area (Å²) in [7, 11) is 1.61. The third kappa shape index (κ3) is 3.93. The van der Waals surface area contributed by atoms with Crippen molar-refractivity contribution in [3.05, 3.63) is 92.8 Å². The smallest absolute Gasteiger partial charge is 0.275 e. The molecular formula is C22H21N5O3. The molecule has 4 rings (SSSR count). The Morgan fingerprint density at radius 3 is 2.80 bits per heavy atom. The van der Waals surface area contributed by atoms with Crippen LogP contribution in [0.1, 0.15) is 24.2 Å². The zero-order chi connectivity index (χ0) is 21.1. The Labute approximate surface area is 172 Å². The van der Waals surface area contributed by atoms with Gasteiger partial charge in [0.05, 0.1) is 30.4 Å². The second-order valence-corrected chi connectivity index (χ2v) is 6.88. The molecule has 8 heteroatoms. The molecule has 152 valence electrons. The molecule has 0 aliphatic heterocycles. The van der Waals surface area contributed by atoms with Crippen molar-refractivity contribution in [2.24, 2.45) is 0 Å². The standard InChI is InChI=1S/C22H21N5O3/c1-14(27-21(29)18-9-4-3-7-16(18)13-24-27)19-11-20(28)26-22(25-19)23-12-15-6-5-8-17(10-15)30-2/h3-11,13-14H,12H2,1-2H3,(H2,23,25,26,28). The second kappa shape index (κ2) is 8.20. The third-order valence-corrected chi connectivity index (χ3v) is 4.87. The predicted octanol–water partition coefficient (Wildman–Crippen LogP) is 2.71. The molecule has 0 amide bonds. The topological polar surface area (TPSA) is 102 Å². The molecular weight excluding hydrogens is 382 g/mol. The predicted molar refractivity (Wildman–Crippen MR) is 115 cm³/mol. The number of aromatic amines is 1. The van der Waals surface area contributed by atoms with Crippen LogP contribution in [0.25, 0.3) is 10.8 Å². The first-order chi connectivity index (χ1) is 14.5. The van der Waals surface area contributed by atoms with Gasteiger partial charge in [-0.05, 0) is 30.7 Å². The third-order valence-electron chi connectivity index (χ3n) is 4.87. The van der Waals surface area contributed by atoms with Gasteiger partial charge in [0, 0.05) is 18.0 Å². The van der Waals surface area contributed by atoms with Crippen LogP contribution < -0.4 is 21.2 Å². The molecule has 1 unspecified atom stereocenters. The summed E-state index contributed by atoms with van der Waals surface area (Å²) in [6.07, 6.45) is 1.64. The lowest BCUT2D eigenvalue weighted by Crippen LogP contribution is -2.28. The monoisotopic (exact) mass is 403 g/mol. The highest BCUT2D eigenvalue weighted by atomic mass is 16.5. The SMILES string of the molecule is COc1cccc(CNc2nc(C(C)n3ncc4ccccc4c3=O)cc(=O)[nH]2)c1. The van der Waals surface area contributed by atoms with Crippen molar-refractivity contribution in [1.29, 1.82) is 0 Å². The maximum absolute atomic E-state index is 12.8. The second-order valence-electron chi connectivity index (χ2n) is 6.88. The number of benzene rings is 2. The van der Waals surface area contributed by atoms with E-state index in [1.807, 2.05) is 42.5 Å². The Hall–Kier alpha value is -3.94. The maximum atomic E-state index is 12.8. The Bertz CT molecular complexity index is 1310. The number of nitrogens with one attached hydrogen (secondary N) is 2. The van der Waals surface area contributed by atoms with Gasteiger partial charge in [-0.15, -0.1) is 0 Å². The van der Waals surface area contributed by atoms with E-state index in [9.17, 15) is 9.59 Å². The fourth-order valence-electron chi connectivity index (χ4n) is 3.25. The van der Waals surface area contributed by atoms with E-state index in [1.54, 1.807) is 26.3 Å². The van der Waals surface area contributed by atoms with Crippen LogP contribution in [0.4, 0.5) is 5.95 Å². The van der Waals surface area contributed by atoms with Gasteiger partial charge in [-0.25, -0.2) is 9.67 Å². The highest BCUT2D eigenvalue weighted by Gasteiger charge is 2.15. The summed E-state index contributed by atoms with van der Waals surface area (Å²) in [6, 6.07) is 15.7. The molecule has 0 saturated carbocycles. The van der Waals surface area contributed by atoms with Crippen LogP contribution in [0, 0.1) is 0 Å². The van der Waals surface area contributed by atoms with Gasteiger partial charge in [0.2, 0.25) is 5.95 Å². The summed E-state index contributed by atoms with van der Waals surface area (Å²) < 4.78 is 6.57. The highest BCUT2D eigenvalue weighted by molar-refractivity contribution is 5.80. The molecule has 0 bridgehead atoms. The number of methoxy groups -OCH3 is 1. The molecule has 2 aromatic carbocycles. The Morgan fingerprint density at radius 1 is 1.13 bits per heavy atom. The number of rotatable bonds is 6. The molecule has 0 aliphatic rings. The lowest BCUT2D eigenvalue weighted by molar-refractivity contribution is 0.414. The molecule has 30 heavy (non-hydrogen) atoms. The fourth-order valence-corrected chi connectivity index (χ4v) is 3.25. The number of hydrogen-bond acceptors (Lipinski definition) is 6. The molecule has 0 fully saturated rings. The summed E-state index contributed by atoms with van der Waals surface area (Å²) in [5.74, 6) is 1.07. The molecule has 0 radical (unpaired) electrons. The molecule has 2 heterocycles. The van der Waals surface area contributed by atoms with Crippen molar-refractivity contribution in [1.82, 2.24) is 19.7 Å². The van der Waals surface area contributed by atoms with Crippen LogP contribution >= 0.6 is 0 Å². The van der Waals surface area contributed by atoms with Gasteiger partial charge in [-0.3, -0.25) is 14.6 Å². The van der Waals surface area contributed by atoms with E-state index in [1.165, 1.54) is 10.7 Å².